The molecule has 5 heteroatoms. The fraction of sp³-hybridized carbons (Fsp3) is 0.474. The van der Waals surface area contributed by atoms with Crippen LogP contribution in [0.25, 0.3) is 0 Å². The van der Waals surface area contributed by atoms with Gasteiger partial charge in [-0.2, -0.15) is 0 Å². The van der Waals surface area contributed by atoms with Gasteiger partial charge in [-0.1, -0.05) is 26.0 Å². The second-order valence-electron chi connectivity index (χ2n) is 6.46. The first kappa shape index (κ1) is 18.6. The number of hydrogen-bond acceptors (Lipinski definition) is 4. The summed E-state index contributed by atoms with van der Waals surface area (Å²) in [6.45, 7) is 6.91. The summed E-state index contributed by atoms with van der Waals surface area (Å²) in [4.78, 5) is 2.17. The average Bonchev–Trinajstić information content (AvgIpc) is 3.02. The van der Waals surface area contributed by atoms with E-state index in [1.807, 2.05) is 12.1 Å². The lowest BCUT2D eigenvalue weighted by molar-refractivity contribution is 0.00223. The smallest absolute Gasteiger partial charge is 0.129 e. The minimum absolute atomic E-state index is 0.236. The Morgan fingerprint density at radius 3 is 2.54 bits per heavy atom. The van der Waals surface area contributed by atoms with Crippen LogP contribution in [0.3, 0.4) is 0 Å². The molecule has 4 nitrogen and oxygen atoms in total. The summed E-state index contributed by atoms with van der Waals surface area (Å²) in [5, 5.41) is 10.2. The maximum Gasteiger partial charge on any atom is 0.129 e. The van der Waals surface area contributed by atoms with Crippen LogP contribution in [0.5, 0.6) is 0 Å². The number of nitrogens with zero attached hydrogens (tertiary/aromatic N) is 1. The predicted octanol–water partition coefficient (Wildman–Crippen LogP) is 3.45. The fourth-order valence-corrected chi connectivity index (χ4v) is 2.61. The van der Waals surface area contributed by atoms with E-state index in [0.717, 1.165) is 17.9 Å². The van der Waals surface area contributed by atoms with Gasteiger partial charge in [0.05, 0.1) is 19.0 Å². The molecule has 2 aromatic rings. The minimum atomic E-state index is -0.584. The Labute approximate surface area is 142 Å². The zero-order valence-electron chi connectivity index (χ0n) is 14.3. The maximum atomic E-state index is 13.0. The SMILES string of the molecule is CC(C)CN(Cc1ccc(F)cc1)C[C@@H](O)COCc1ccco1. The minimum Gasteiger partial charge on any atom is -0.467 e. The average molecular weight is 335 g/mol. The molecule has 0 unspecified atom stereocenters. The van der Waals surface area contributed by atoms with Gasteiger partial charge < -0.3 is 14.3 Å². The molecule has 1 aromatic heterocycles. The highest BCUT2D eigenvalue weighted by atomic mass is 19.1. The number of ether oxygens (including phenoxy) is 1. The summed E-state index contributed by atoms with van der Waals surface area (Å²) in [6.07, 6.45) is 1.02. The normalized spacial score (nSPS) is 12.9. The van der Waals surface area contributed by atoms with E-state index in [-0.39, 0.29) is 12.4 Å². The van der Waals surface area contributed by atoms with Crippen molar-refractivity contribution < 1.29 is 18.7 Å². The van der Waals surface area contributed by atoms with Crippen molar-refractivity contribution in [2.24, 2.45) is 5.92 Å². The van der Waals surface area contributed by atoms with Gasteiger partial charge in [-0.15, -0.1) is 0 Å². The van der Waals surface area contributed by atoms with Crippen molar-refractivity contribution in [2.75, 3.05) is 19.7 Å². The molecule has 2 rings (SSSR count). The van der Waals surface area contributed by atoms with Gasteiger partial charge in [0.15, 0.2) is 0 Å². The Kier molecular flexibility index (Phi) is 7.43. The van der Waals surface area contributed by atoms with Crippen molar-refractivity contribution in [1.82, 2.24) is 4.90 Å². The monoisotopic (exact) mass is 335 g/mol. The third kappa shape index (κ3) is 6.83. The Bertz CT molecular complexity index is 569. The molecule has 1 N–H and O–H groups in total. The van der Waals surface area contributed by atoms with Gasteiger partial charge in [-0.05, 0) is 35.7 Å². The van der Waals surface area contributed by atoms with E-state index < -0.39 is 6.10 Å². The Hall–Kier alpha value is -1.69. The largest absolute Gasteiger partial charge is 0.467 e. The molecular formula is C19H26FNO3. The molecule has 0 aliphatic rings. The van der Waals surface area contributed by atoms with Gasteiger partial charge in [0.25, 0.3) is 0 Å². The maximum absolute atomic E-state index is 13.0. The van der Waals surface area contributed by atoms with Gasteiger partial charge in [0, 0.05) is 19.6 Å². The lowest BCUT2D eigenvalue weighted by Crippen LogP contribution is -2.36. The number of furan rings is 1. The molecule has 1 heterocycles. The number of halogens is 1. The summed E-state index contributed by atoms with van der Waals surface area (Å²) in [5.41, 5.74) is 1.03. The summed E-state index contributed by atoms with van der Waals surface area (Å²) >= 11 is 0. The molecule has 0 aliphatic carbocycles. The number of aliphatic hydroxyl groups is 1. The fourth-order valence-electron chi connectivity index (χ4n) is 2.61. The van der Waals surface area contributed by atoms with Gasteiger partial charge in [-0.3, -0.25) is 4.90 Å². The molecule has 1 atom stereocenters. The van der Waals surface area contributed by atoms with E-state index in [0.29, 0.717) is 25.6 Å². The lowest BCUT2D eigenvalue weighted by atomic mass is 10.1. The van der Waals surface area contributed by atoms with E-state index in [4.69, 9.17) is 9.15 Å². The second kappa shape index (κ2) is 9.57. The zero-order valence-corrected chi connectivity index (χ0v) is 14.3. The highest BCUT2D eigenvalue weighted by Crippen LogP contribution is 2.10. The van der Waals surface area contributed by atoms with Crippen molar-refractivity contribution in [3.8, 4) is 0 Å². The summed E-state index contributed by atoms with van der Waals surface area (Å²) in [5.74, 6) is 0.981. The van der Waals surface area contributed by atoms with Gasteiger partial charge >= 0.3 is 0 Å². The van der Waals surface area contributed by atoms with Crippen molar-refractivity contribution in [1.29, 1.82) is 0 Å². The lowest BCUT2D eigenvalue weighted by Gasteiger charge is -2.26. The Morgan fingerprint density at radius 1 is 1.17 bits per heavy atom. The van der Waals surface area contributed by atoms with E-state index in [9.17, 15) is 9.50 Å². The van der Waals surface area contributed by atoms with Crippen LogP contribution in [-0.2, 0) is 17.9 Å². The van der Waals surface area contributed by atoms with Gasteiger partial charge in [0.2, 0.25) is 0 Å². The van der Waals surface area contributed by atoms with E-state index in [1.165, 1.54) is 12.1 Å². The molecule has 132 valence electrons. The third-order valence-electron chi connectivity index (χ3n) is 3.55. The molecule has 0 saturated heterocycles. The highest BCUT2D eigenvalue weighted by Gasteiger charge is 2.14. The van der Waals surface area contributed by atoms with Crippen LogP contribution in [-0.4, -0.2) is 35.8 Å². The van der Waals surface area contributed by atoms with E-state index >= 15 is 0 Å². The van der Waals surface area contributed by atoms with Crippen molar-refractivity contribution >= 4 is 0 Å². The number of rotatable bonds is 10. The molecule has 1 aromatic carbocycles. The molecule has 0 bridgehead atoms. The van der Waals surface area contributed by atoms with Crippen LogP contribution in [0.4, 0.5) is 4.39 Å². The summed E-state index contributed by atoms with van der Waals surface area (Å²) in [7, 11) is 0. The Morgan fingerprint density at radius 2 is 1.92 bits per heavy atom. The van der Waals surface area contributed by atoms with E-state index in [2.05, 4.69) is 18.7 Å². The van der Waals surface area contributed by atoms with Crippen LogP contribution >= 0.6 is 0 Å². The molecule has 0 aliphatic heterocycles. The predicted molar refractivity (Wildman–Crippen MR) is 90.9 cm³/mol. The molecule has 24 heavy (non-hydrogen) atoms. The van der Waals surface area contributed by atoms with Crippen LogP contribution < -0.4 is 0 Å². The topological polar surface area (TPSA) is 45.8 Å². The number of hydrogen-bond donors (Lipinski definition) is 1. The third-order valence-corrected chi connectivity index (χ3v) is 3.55. The van der Waals surface area contributed by atoms with E-state index in [1.54, 1.807) is 18.4 Å². The summed E-state index contributed by atoms with van der Waals surface area (Å²) in [6, 6.07) is 10.1. The quantitative estimate of drug-likeness (QED) is 0.722. The number of aliphatic hydroxyl groups excluding tert-OH is 1. The van der Waals surface area contributed by atoms with Gasteiger partial charge in [-0.25, -0.2) is 4.39 Å². The molecule has 0 fully saturated rings. The first-order valence-electron chi connectivity index (χ1n) is 8.28. The molecule has 0 saturated carbocycles. The Balaban J connectivity index is 1.81. The van der Waals surface area contributed by atoms with Crippen molar-refractivity contribution in [2.45, 2.75) is 33.1 Å². The summed E-state index contributed by atoms with van der Waals surface area (Å²) < 4.78 is 23.7. The van der Waals surface area contributed by atoms with Gasteiger partial charge in [0.1, 0.15) is 18.2 Å². The molecular weight excluding hydrogens is 309 g/mol. The van der Waals surface area contributed by atoms with Crippen LogP contribution in [0.1, 0.15) is 25.2 Å². The molecule has 0 spiro atoms. The van der Waals surface area contributed by atoms with Crippen molar-refractivity contribution in [3.05, 3.63) is 59.8 Å². The first-order chi connectivity index (χ1) is 11.5. The number of benzene rings is 1. The van der Waals surface area contributed by atoms with Crippen molar-refractivity contribution in [3.63, 3.8) is 0 Å². The zero-order chi connectivity index (χ0) is 17.4. The highest BCUT2D eigenvalue weighted by molar-refractivity contribution is 5.15. The standard InChI is InChI=1S/C19H26FNO3/c1-15(2)10-21(11-16-5-7-17(20)8-6-16)12-18(22)13-23-14-19-4-3-9-24-19/h3-9,15,18,22H,10-14H2,1-2H3/t18-/m1/s1. The van der Waals surface area contributed by atoms with Crippen LogP contribution in [0.2, 0.25) is 0 Å². The van der Waals surface area contributed by atoms with Crippen LogP contribution in [0, 0.1) is 11.7 Å². The molecule has 0 amide bonds. The first-order valence-corrected chi connectivity index (χ1v) is 8.28. The molecule has 0 radical (unpaired) electrons. The van der Waals surface area contributed by atoms with Crippen LogP contribution in [0.15, 0.2) is 47.1 Å². The second-order valence-corrected chi connectivity index (χ2v) is 6.46.